The molecular weight excluding hydrogens is 236 g/mol. The molecule has 6 nitrogen and oxygen atoms in total. The van der Waals surface area contributed by atoms with Gasteiger partial charge in [-0.15, -0.1) is 0 Å². The maximum absolute atomic E-state index is 11.5. The zero-order valence-electron chi connectivity index (χ0n) is 10.2. The van der Waals surface area contributed by atoms with E-state index in [2.05, 4.69) is 9.79 Å². The molecule has 0 radical (unpaired) electrons. The van der Waals surface area contributed by atoms with Gasteiger partial charge in [0.15, 0.2) is 0 Å². The van der Waals surface area contributed by atoms with Gasteiger partial charge in [-0.25, -0.2) is 0 Å². The first-order chi connectivity index (χ1) is 8.72. The zero-order chi connectivity index (χ0) is 13.0. The van der Waals surface area contributed by atoms with Crippen molar-refractivity contribution in [3.05, 3.63) is 35.5 Å². The standard InChI is InChI=1S/C12H14N2O4/c1-3-16-9(2)17-12-11(14(15)18-13-12)10-7-5-4-6-8-10/h4-9H,3H2,1-2H3. The minimum Gasteiger partial charge on any atom is -0.425 e. The van der Waals surface area contributed by atoms with Crippen LogP contribution in [0.2, 0.25) is 0 Å². The molecule has 2 aromatic rings. The maximum atomic E-state index is 11.5. The molecular formula is C12H14N2O4. The van der Waals surface area contributed by atoms with Gasteiger partial charge in [0.2, 0.25) is 6.29 Å². The lowest BCUT2D eigenvalue weighted by molar-refractivity contribution is -0.793. The van der Waals surface area contributed by atoms with Crippen LogP contribution in [0, 0.1) is 5.21 Å². The second-order valence-corrected chi connectivity index (χ2v) is 3.59. The van der Waals surface area contributed by atoms with Crippen LogP contribution in [-0.2, 0) is 4.74 Å². The fourth-order valence-corrected chi connectivity index (χ4v) is 1.56. The Morgan fingerprint density at radius 1 is 1.39 bits per heavy atom. The highest BCUT2D eigenvalue weighted by molar-refractivity contribution is 5.60. The predicted octanol–water partition coefficient (Wildman–Crippen LogP) is 1.74. The van der Waals surface area contributed by atoms with Gasteiger partial charge in [0, 0.05) is 12.2 Å². The summed E-state index contributed by atoms with van der Waals surface area (Å²) in [5.41, 5.74) is 0.912. The van der Waals surface area contributed by atoms with Gasteiger partial charge in [0.25, 0.3) is 5.69 Å². The molecule has 0 aliphatic carbocycles. The first kappa shape index (κ1) is 12.4. The number of nitrogens with zero attached hydrogens (tertiary/aromatic N) is 2. The molecule has 0 fully saturated rings. The molecule has 1 aromatic heterocycles. The summed E-state index contributed by atoms with van der Waals surface area (Å²) in [6.07, 6.45) is -0.498. The molecule has 0 aliphatic heterocycles. The lowest BCUT2D eigenvalue weighted by atomic mass is 10.2. The van der Waals surface area contributed by atoms with E-state index in [1.165, 1.54) is 0 Å². The molecule has 2 rings (SSSR count). The average molecular weight is 250 g/mol. The van der Waals surface area contributed by atoms with Crippen molar-refractivity contribution in [1.82, 2.24) is 5.16 Å². The van der Waals surface area contributed by atoms with E-state index in [1.54, 1.807) is 19.1 Å². The van der Waals surface area contributed by atoms with Crippen LogP contribution >= 0.6 is 0 Å². The van der Waals surface area contributed by atoms with E-state index in [-0.39, 0.29) is 11.6 Å². The molecule has 0 spiro atoms. The van der Waals surface area contributed by atoms with Gasteiger partial charge in [-0.3, -0.25) is 4.63 Å². The van der Waals surface area contributed by atoms with Crippen LogP contribution in [0.3, 0.4) is 0 Å². The second-order valence-electron chi connectivity index (χ2n) is 3.59. The Labute approximate surface area is 104 Å². The van der Waals surface area contributed by atoms with Gasteiger partial charge in [-0.1, -0.05) is 30.3 Å². The van der Waals surface area contributed by atoms with Gasteiger partial charge in [-0.05, 0) is 18.8 Å². The number of rotatable bonds is 5. The van der Waals surface area contributed by atoms with Crippen molar-refractivity contribution in [2.45, 2.75) is 20.1 Å². The fourth-order valence-electron chi connectivity index (χ4n) is 1.56. The topological polar surface area (TPSA) is 71.4 Å². The van der Waals surface area contributed by atoms with E-state index in [0.29, 0.717) is 17.1 Å². The Kier molecular flexibility index (Phi) is 3.78. The number of aromatic nitrogens is 2. The van der Waals surface area contributed by atoms with Gasteiger partial charge in [0.1, 0.15) is 0 Å². The summed E-state index contributed by atoms with van der Waals surface area (Å²) in [4.78, 5) is 0.323. The molecule has 1 atom stereocenters. The van der Waals surface area contributed by atoms with Crippen LogP contribution in [-0.4, -0.2) is 18.1 Å². The van der Waals surface area contributed by atoms with Crippen LogP contribution < -0.4 is 9.64 Å². The Hall–Kier alpha value is -2.08. The third kappa shape index (κ3) is 2.60. The van der Waals surface area contributed by atoms with Crippen LogP contribution in [0.25, 0.3) is 11.3 Å². The van der Waals surface area contributed by atoms with E-state index in [9.17, 15) is 5.21 Å². The monoisotopic (exact) mass is 250 g/mol. The molecule has 0 bridgehead atoms. The number of ether oxygens (including phenoxy) is 2. The van der Waals surface area contributed by atoms with Gasteiger partial charge in [-0.2, -0.15) is 0 Å². The largest absolute Gasteiger partial charge is 0.425 e. The lowest BCUT2D eigenvalue weighted by Gasteiger charge is -2.10. The second kappa shape index (κ2) is 5.50. The molecule has 0 aliphatic rings. The molecule has 18 heavy (non-hydrogen) atoms. The summed E-state index contributed by atoms with van der Waals surface area (Å²) in [5.74, 6) is 0.122. The molecule has 0 amide bonds. The van der Waals surface area contributed by atoms with Gasteiger partial charge >= 0.3 is 5.88 Å². The highest BCUT2D eigenvalue weighted by Gasteiger charge is 2.24. The van der Waals surface area contributed by atoms with Crippen molar-refractivity contribution in [1.29, 1.82) is 0 Å². The molecule has 1 unspecified atom stereocenters. The Balaban J connectivity index is 2.28. The Morgan fingerprint density at radius 3 is 2.78 bits per heavy atom. The molecule has 6 heteroatoms. The van der Waals surface area contributed by atoms with Crippen LogP contribution in [0.1, 0.15) is 13.8 Å². The summed E-state index contributed by atoms with van der Waals surface area (Å²) in [7, 11) is 0. The van der Waals surface area contributed by atoms with Gasteiger partial charge < -0.3 is 14.7 Å². The van der Waals surface area contributed by atoms with Crippen molar-refractivity contribution in [2.75, 3.05) is 6.61 Å². The Bertz CT molecular complexity index is 498. The molecule has 1 heterocycles. The van der Waals surface area contributed by atoms with E-state index in [1.807, 2.05) is 25.1 Å². The summed E-state index contributed by atoms with van der Waals surface area (Å²) >= 11 is 0. The first-order valence-electron chi connectivity index (χ1n) is 5.65. The minimum absolute atomic E-state index is 0.122. The highest BCUT2D eigenvalue weighted by Crippen LogP contribution is 2.25. The van der Waals surface area contributed by atoms with Crippen molar-refractivity contribution in [2.24, 2.45) is 0 Å². The normalized spacial score (nSPS) is 12.3. The average Bonchev–Trinajstić information content (AvgIpc) is 2.72. The van der Waals surface area contributed by atoms with Crippen molar-refractivity contribution in [3.63, 3.8) is 0 Å². The molecule has 0 saturated carbocycles. The summed E-state index contributed by atoms with van der Waals surface area (Å²) in [6.45, 7) is 4.09. The predicted molar refractivity (Wildman–Crippen MR) is 62.6 cm³/mol. The minimum atomic E-state index is -0.498. The number of benzene rings is 1. The molecule has 0 saturated heterocycles. The van der Waals surface area contributed by atoms with E-state index >= 15 is 0 Å². The number of hydrogen-bond donors (Lipinski definition) is 0. The summed E-state index contributed by atoms with van der Waals surface area (Å²) in [6, 6.07) is 9.05. The summed E-state index contributed by atoms with van der Waals surface area (Å²) in [5, 5.41) is 15.1. The van der Waals surface area contributed by atoms with Crippen molar-refractivity contribution < 1.29 is 19.0 Å². The third-order valence-corrected chi connectivity index (χ3v) is 2.31. The summed E-state index contributed by atoms with van der Waals surface area (Å²) < 4.78 is 15.2. The zero-order valence-corrected chi connectivity index (χ0v) is 10.2. The number of hydrogen-bond acceptors (Lipinski definition) is 5. The fraction of sp³-hybridized carbons (Fsp3) is 0.333. The van der Waals surface area contributed by atoms with Crippen LogP contribution in [0.5, 0.6) is 5.88 Å². The maximum Gasteiger partial charge on any atom is 0.405 e. The third-order valence-electron chi connectivity index (χ3n) is 2.31. The first-order valence-corrected chi connectivity index (χ1v) is 5.65. The van der Waals surface area contributed by atoms with E-state index < -0.39 is 6.29 Å². The SMILES string of the molecule is CCOC(C)Oc1no[n+]([O-])c1-c1ccccc1. The smallest absolute Gasteiger partial charge is 0.405 e. The van der Waals surface area contributed by atoms with E-state index in [0.717, 1.165) is 0 Å². The highest BCUT2D eigenvalue weighted by atomic mass is 16.8. The van der Waals surface area contributed by atoms with Crippen molar-refractivity contribution in [3.8, 4) is 17.1 Å². The molecule has 96 valence electrons. The molecule has 0 N–H and O–H groups in total. The van der Waals surface area contributed by atoms with Crippen LogP contribution in [0.4, 0.5) is 0 Å². The quantitative estimate of drug-likeness (QED) is 0.597. The molecule has 1 aromatic carbocycles. The lowest BCUT2D eigenvalue weighted by Crippen LogP contribution is -2.26. The van der Waals surface area contributed by atoms with Gasteiger partial charge in [0.05, 0.1) is 5.16 Å². The van der Waals surface area contributed by atoms with E-state index in [4.69, 9.17) is 9.47 Å². The van der Waals surface area contributed by atoms with Crippen molar-refractivity contribution >= 4 is 0 Å². The Morgan fingerprint density at radius 2 is 2.11 bits per heavy atom. The van der Waals surface area contributed by atoms with Crippen LogP contribution in [0.15, 0.2) is 35.0 Å².